The topological polar surface area (TPSA) is 72.6 Å². The monoisotopic (exact) mass is 234 g/mol. The van der Waals surface area contributed by atoms with Crippen LogP contribution >= 0.6 is 0 Å². The highest BCUT2D eigenvalue weighted by Crippen LogP contribution is 2.25. The van der Waals surface area contributed by atoms with Crippen molar-refractivity contribution >= 4 is 11.8 Å². The molecule has 0 unspecified atom stereocenters. The van der Waals surface area contributed by atoms with Crippen LogP contribution in [0, 0.1) is 0 Å². The Bertz CT molecular complexity index is 471. The number of methoxy groups -OCH3 is 1. The summed E-state index contributed by atoms with van der Waals surface area (Å²) in [7, 11) is 1.59. The highest BCUT2D eigenvalue weighted by molar-refractivity contribution is 6.09. The predicted octanol–water partition coefficient (Wildman–Crippen LogP) is 0.388. The van der Waals surface area contributed by atoms with Gasteiger partial charge in [-0.25, -0.2) is 0 Å². The molecule has 0 saturated carbocycles. The Morgan fingerprint density at radius 1 is 1.53 bits per heavy atom. The van der Waals surface area contributed by atoms with Crippen molar-refractivity contribution in [3.63, 3.8) is 0 Å². The third-order valence-corrected chi connectivity index (χ3v) is 2.84. The molecule has 0 saturated heterocycles. The Morgan fingerprint density at radius 2 is 2.29 bits per heavy atom. The Labute approximate surface area is 99.2 Å². The number of amides is 2. The van der Waals surface area contributed by atoms with Gasteiger partial charge in [0.1, 0.15) is 0 Å². The molecule has 1 aromatic carbocycles. The van der Waals surface area contributed by atoms with Gasteiger partial charge in [0.05, 0.1) is 17.7 Å². The van der Waals surface area contributed by atoms with Gasteiger partial charge in [-0.15, -0.1) is 0 Å². The maximum atomic E-state index is 12.1. The fourth-order valence-corrected chi connectivity index (χ4v) is 2.01. The van der Waals surface area contributed by atoms with Crippen LogP contribution in [0.25, 0.3) is 0 Å². The zero-order chi connectivity index (χ0) is 12.4. The van der Waals surface area contributed by atoms with E-state index in [9.17, 15) is 9.59 Å². The van der Waals surface area contributed by atoms with Crippen molar-refractivity contribution in [3.05, 3.63) is 34.9 Å². The molecule has 90 valence electrons. The number of carbonyl (C=O) groups is 2. The average molecular weight is 234 g/mol. The van der Waals surface area contributed by atoms with Crippen molar-refractivity contribution < 1.29 is 14.3 Å². The van der Waals surface area contributed by atoms with Crippen LogP contribution in [0.1, 0.15) is 26.3 Å². The number of hydrogen-bond donors (Lipinski definition) is 1. The minimum absolute atomic E-state index is 0.147. The van der Waals surface area contributed by atoms with E-state index in [0.29, 0.717) is 30.8 Å². The maximum absolute atomic E-state index is 12.1. The number of nitrogens with zero attached hydrogens (tertiary/aromatic N) is 1. The number of nitrogens with two attached hydrogens (primary N) is 1. The Balaban J connectivity index is 2.32. The number of ether oxygens (including phenoxy) is 1. The Morgan fingerprint density at radius 3 is 2.94 bits per heavy atom. The van der Waals surface area contributed by atoms with E-state index < -0.39 is 5.91 Å². The molecule has 1 aromatic rings. The third-order valence-electron chi connectivity index (χ3n) is 2.84. The molecule has 2 amide bonds. The molecule has 1 aliphatic rings. The second-order valence-electron chi connectivity index (χ2n) is 3.92. The number of carbonyl (C=O) groups excluding carboxylic acids is 2. The predicted molar refractivity (Wildman–Crippen MR) is 61.6 cm³/mol. The summed E-state index contributed by atoms with van der Waals surface area (Å²) in [5.41, 5.74) is 6.85. The molecule has 17 heavy (non-hydrogen) atoms. The number of rotatable bonds is 4. The van der Waals surface area contributed by atoms with Gasteiger partial charge in [0, 0.05) is 20.2 Å². The molecule has 2 N–H and O–H groups in total. The zero-order valence-electron chi connectivity index (χ0n) is 9.60. The molecular formula is C12H14N2O3. The number of fused-ring (bicyclic) bond motifs is 1. The van der Waals surface area contributed by atoms with Crippen LogP contribution in [0.2, 0.25) is 0 Å². The summed E-state index contributed by atoms with van der Waals surface area (Å²) in [6.45, 7) is 1.51. The van der Waals surface area contributed by atoms with E-state index in [4.69, 9.17) is 10.5 Å². The summed E-state index contributed by atoms with van der Waals surface area (Å²) < 4.78 is 4.94. The Kier molecular flexibility index (Phi) is 3.10. The zero-order valence-corrected chi connectivity index (χ0v) is 9.60. The lowest BCUT2D eigenvalue weighted by molar-refractivity contribution is 0.0716. The van der Waals surface area contributed by atoms with Crippen LogP contribution in [0.3, 0.4) is 0 Å². The smallest absolute Gasteiger partial charge is 0.255 e. The lowest BCUT2D eigenvalue weighted by atomic mass is 10.0. The lowest BCUT2D eigenvalue weighted by Gasteiger charge is -2.14. The quantitative estimate of drug-likeness (QED) is 0.819. The van der Waals surface area contributed by atoms with Crippen molar-refractivity contribution in [1.82, 2.24) is 4.90 Å². The fourth-order valence-electron chi connectivity index (χ4n) is 2.01. The molecule has 1 heterocycles. The summed E-state index contributed by atoms with van der Waals surface area (Å²) in [5, 5.41) is 0. The van der Waals surface area contributed by atoms with Crippen molar-refractivity contribution in [2.45, 2.75) is 6.54 Å². The lowest BCUT2D eigenvalue weighted by Crippen LogP contribution is -2.28. The van der Waals surface area contributed by atoms with E-state index >= 15 is 0 Å². The van der Waals surface area contributed by atoms with Gasteiger partial charge in [0.15, 0.2) is 0 Å². The summed E-state index contributed by atoms with van der Waals surface area (Å²) in [4.78, 5) is 25.0. The second-order valence-corrected chi connectivity index (χ2v) is 3.92. The molecule has 2 rings (SSSR count). The molecule has 0 radical (unpaired) electrons. The Hall–Kier alpha value is -1.88. The molecule has 1 aliphatic heterocycles. The van der Waals surface area contributed by atoms with Crippen molar-refractivity contribution in [1.29, 1.82) is 0 Å². The highest BCUT2D eigenvalue weighted by atomic mass is 16.5. The van der Waals surface area contributed by atoms with E-state index in [0.717, 1.165) is 5.56 Å². The van der Waals surface area contributed by atoms with Gasteiger partial charge in [-0.3, -0.25) is 9.59 Å². The molecule has 5 heteroatoms. The summed E-state index contributed by atoms with van der Waals surface area (Å²) in [6, 6.07) is 5.16. The molecular weight excluding hydrogens is 220 g/mol. The van der Waals surface area contributed by atoms with Gasteiger partial charge >= 0.3 is 0 Å². The van der Waals surface area contributed by atoms with Gasteiger partial charge in [-0.05, 0) is 11.6 Å². The molecule has 0 bridgehead atoms. The van der Waals surface area contributed by atoms with E-state index in [-0.39, 0.29) is 5.91 Å². The molecule has 0 aliphatic carbocycles. The standard InChI is InChI=1S/C12H14N2O3/c1-17-6-5-14-7-8-3-2-4-9(11(13)15)10(8)12(14)16/h2-4H,5-7H2,1H3,(H2,13,15). The molecule has 0 spiro atoms. The fraction of sp³-hybridized carbons (Fsp3) is 0.333. The van der Waals surface area contributed by atoms with Gasteiger partial charge in [-0.1, -0.05) is 12.1 Å². The van der Waals surface area contributed by atoms with Crippen LogP contribution in [-0.4, -0.2) is 37.0 Å². The highest BCUT2D eigenvalue weighted by Gasteiger charge is 2.30. The van der Waals surface area contributed by atoms with Crippen LogP contribution < -0.4 is 5.73 Å². The summed E-state index contributed by atoms with van der Waals surface area (Å²) >= 11 is 0. The number of benzene rings is 1. The van der Waals surface area contributed by atoms with Gasteiger partial charge < -0.3 is 15.4 Å². The van der Waals surface area contributed by atoms with E-state index in [1.165, 1.54) is 0 Å². The average Bonchev–Trinajstić information content (AvgIpc) is 2.63. The number of hydrogen-bond acceptors (Lipinski definition) is 3. The summed E-state index contributed by atoms with van der Waals surface area (Å²) in [5.74, 6) is -0.713. The van der Waals surface area contributed by atoms with Gasteiger partial charge in [-0.2, -0.15) is 0 Å². The van der Waals surface area contributed by atoms with Crippen molar-refractivity contribution in [2.24, 2.45) is 5.73 Å². The molecule has 0 atom stereocenters. The van der Waals surface area contributed by atoms with Crippen molar-refractivity contribution in [2.75, 3.05) is 20.3 Å². The SMILES string of the molecule is COCCN1Cc2cccc(C(N)=O)c2C1=O. The van der Waals surface area contributed by atoms with Crippen LogP contribution in [0.5, 0.6) is 0 Å². The first-order valence-corrected chi connectivity index (χ1v) is 5.35. The first kappa shape index (κ1) is 11.6. The minimum Gasteiger partial charge on any atom is -0.383 e. The molecule has 0 fully saturated rings. The summed E-state index contributed by atoms with van der Waals surface area (Å²) in [6.07, 6.45) is 0. The maximum Gasteiger partial charge on any atom is 0.255 e. The first-order valence-electron chi connectivity index (χ1n) is 5.35. The van der Waals surface area contributed by atoms with Crippen LogP contribution in [0.15, 0.2) is 18.2 Å². The van der Waals surface area contributed by atoms with E-state index in [1.54, 1.807) is 24.1 Å². The third kappa shape index (κ3) is 2.01. The second kappa shape index (κ2) is 4.55. The molecule has 5 nitrogen and oxygen atoms in total. The minimum atomic E-state index is -0.566. The van der Waals surface area contributed by atoms with Crippen LogP contribution in [0.4, 0.5) is 0 Å². The number of primary amides is 1. The molecule has 0 aromatic heterocycles. The van der Waals surface area contributed by atoms with Gasteiger partial charge in [0.25, 0.3) is 5.91 Å². The first-order chi connectivity index (χ1) is 8.15. The van der Waals surface area contributed by atoms with Crippen molar-refractivity contribution in [3.8, 4) is 0 Å². The van der Waals surface area contributed by atoms with Gasteiger partial charge in [0.2, 0.25) is 5.91 Å². The van der Waals surface area contributed by atoms with Crippen LogP contribution in [-0.2, 0) is 11.3 Å². The van der Waals surface area contributed by atoms with E-state index in [2.05, 4.69) is 0 Å². The van der Waals surface area contributed by atoms with E-state index in [1.807, 2.05) is 6.07 Å². The normalized spacial score (nSPS) is 13.9. The largest absolute Gasteiger partial charge is 0.383 e.